The predicted molar refractivity (Wildman–Crippen MR) is 178 cm³/mol. The summed E-state index contributed by atoms with van der Waals surface area (Å²) < 4.78 is 0. The van der Waals surface area contributed by atoms with Gasteiger partial charge in [-0.25, -0.2) is 4.98 Å². The Hall–Kier alpha value is -3.20. The van der Waals surface area contributed by atoms with Gasteiger partial charge in [0.2, 0.25) is 11.8 Å². The average Bonchev–Trinajstić information content (AvgIpc) is 2.98. The van der Waals surface area contributed by atoms with Crippen LogP contribution in [0, 0.1) is 0 Å². The summed E-state index contributed by atoms with van der Waals surface area (Å²) in [4.78, 5) is 56.3. The van der Waals surface area contributed by atoms with Crippen molar-refractivity contribution in [2.24, 2.45) is 5.73 Å². The van der Waals surface area contributed by atoms with Gasteiger partial charge in [-0.3, -0.25) is 19.2 Å². The zero-order chi connectivity index (χ0) is 31.5. The van der Waals surface area contributed by atoms with Gasteiger partial charge in [-0.15, -0.1) is 12.4 Å². The third kappa shape index (κ3) is 14.5. The number of amides is 3. The van der Waals surface area contributed by atoms with E-state index in [1.165, 1.54) is 51.4 Å². The number of nitrogens with two attached hydrogens (primary N) is 1. The Labute approximate surface area is 269 Å². The number of aromatic nitrogens is 1. The molecule has 44 heavy (non-hydrogen) atoms. The van der Waals surface area contributed by atoms with E-state index in [0.717, 1.165) is 24.6 Å². The average molecular weight is 633 g/mol. The van der Waals surface area contributed by atoms with Crippen molar-refractivity contribution in [2.75, 3.05) is 6.54 Å². The summed E-state index contributed by atoms with van der Waals surface area (Å²) in [6, 6.07) is 9.50. The van der Waals surface area contributed by atoms with E-state index in [-0.39, 0.29) is 55.7 Å². The van der Waals surface area contributed by atoms with Crippen LogP contribution in [-0.2, 0) is 14.4 Å². The second kappa shape index (κ2) is 22.3. The number of fused-ring (bicyclic) bond motifs is 1. The van der Waals surface area contributed by atoms with Crippen LogP contribution in [0.4, 0.5) is 0 Å². The number of carbonyl (C=O) groups excluding carboxylic acids is 3. The maximum absolute atomic E-state index is 13.8. The van der Waals surface area contributed by atoms with E-state index >= 15 is 0 Å². The number of hydrogen-bond donors (Lipinski definition) is 3. The highest BCUT2D eigenvalue weighted by atomic mass is 35.5. The minimum absolute atomic E-state index is 0. The number of halogens is 1. The van der Waals surface area contributed by atoms with Gasteiger partial charge in [0.15, 0.2) is 0 Å². The zero-order valence-electron chi connectivity index (χ0n) is 26.6. The number of likely N-dealkylation sites (N-methyl/N-ethyl adjacent to an activating group) is 1. The lowest BCUT2D eigenvalue weighted by Gasteiger charge is -2.33. The first-order chi connectivity index (χ1) is 20.8. The van der Waals surface area contributed by atoms with E-state index in [2.05, 4.69) is 17.2 Å². The minimum Gasteiger partial charge on any atom is -0.481 e. The lowest BCUT2D eigenvalue weighted by molar-refractivity contribution is -0.139. The number of carbonyl (C=O) groups is 4. The highest BCUT2D eigenvalue weighted by Crippen LogP contribution is 2.19. The molecule has 4 N–H and O–H groups in total. The largest absolute Gasteiger partial charge is 0.481 e. The topological polar surface area (TPSA) is 143 Å². The van der Waals surface area contributed by atoms with Crippen molar-refractivity contribution in [1.82, 2.24) is 15.2 Å². The summed E-state index contributed by atoms with van der Waals surface area (Å²) in [6.07, 6.45) is 14.2. The summed E-state index contributed by atoms with van der Waals surface area (Å²) >= 11 is 0. The Morgan fingerprint density at radius 3 is 2.05 bits per heavy atom. The van der Waals surface area contributed by atoms with Gasteiger partial charge in [0.1, 0.15) is 11.7 Å². The molecular formula is C34H53ClN4O5. The molecule has 1 heterocycles. The summed E-state index contributed by atoms with van der Waals surface area (Å²) in [6.45, 7) is 4.41. The minimum atomic E-state index is -0.968. The van der Waals surface area contributed by atoms with Crippen molar-refractivity contribution < 1.29 is 24.3 Å². The van der Waals surface area contributed by atoms with E-state index < -0.39 is 23.8 Å². The lowest BCUT2D eigenvalue weighted by atomic mass is 9.99. The predicted octanol–water partition coefficient (Wildman–Crippen LogP) is 6.80. The zero-order valence-corrected chi connectivity index (χ0v) is 27.4. The first kappa shape index (κ1) is 38.8. The molecule has 0 aliphatic rings. The van der Waals surface area contributed by atoms with Crippen LogP contribution in [0.1, 0.15) is 127 Å². The van der Waals surface area contributed by atoms with Crippen LogP contribution in [-0.4, -0.2) is 57.3 Å². The lowest BCUT2D eigenvalue weighted by Crippen LogP contribution is -2.52. The summed E-state index contributed by atoms with van der Waals surface area (Å²) in [5, 5.41) is 12.9. The molecule has 3 amide bonds. The third-order valence-corrected chi connectivity index (χ3v) is 7.96. The van der Waals surface area contributed by atoms with Gasteiger partial charge in [0.05, 0.1) is 5.52 Å². The van der Waals surface area contributed by atoms with Gasteiger partial charge in [-0.2, -0.15) is 0 Å². The van der Waals surface area contributed by atoms with E-state index in [0.29, 0.717) is 18.5 Å². The van der Waals surface area contributed by atoms with Crippen LogP contribution in [0.25, 0.3) is 10.9 Å². The van der Waals surface area contributed by atoms with E-state index in [9.17, 15) is 19.2 Å². The number of rotatable bonds is 23. The van der Waals surface area contributed by atoms with Gasteiger partial charge in [0, 0.05) is 30.8 Å². The molecule has 0 saturated carbocycles. The third-order valence-electron chi connectivity index (χ3n) is 7.96. The van der Waals surface area contributed by atoms with Crippen LogP contribution in [0.5, 0.6) is 0 Å². The Kier molecular flexibility index (Phi) is 19.7. The molecule has 0 aliphatic carbocycles. The number of nitrogens with one attached hydrogen (secondary N) is 1. The second-order valence-corrected chi connectivity index (χ2v) is 11.5. The van der Waals surface area contributed by atoms with Crippen molar-refractivity contribution in [1.29, 1.82) is 0 Å². The maximum Gasteiger partial charge on any atom is 0.303 e. The molecule has 1 aromatic heterocycles. The molecule has 2 aromatic rings. The quantitative estimate of drug-likeness (QED) is 0.115. The van der Waals surface area contributed by atoms with E-state index in [4.69, 9.17) is 10.8 Å². The second-order valence-electron chi connectivity index (χ2n) is 11.5. The van der Waals surface area contributed by atoms with Crippen LogP contribution in [0.15, 0.2) is 36.4 Å². The Morgan fingerprint density at radius 2 is 1.45 bits per heavy atom. The summed E-state index contributed by atoms with van der Waals surface area (Å²) in [7, 11) is 0. The standard InChI is InChI=1S/C34H52N4O5.ClH/c1-3-5-6-7-8-9-10-11-12-13-14-19-27(25-31(35)39)38(4-2)34(43)30(21-17-22-32(40)41)37-33(42)29-24-23-26-18-15-16-20-28(26)36-29;/h15-16,18,20,23-24,27,30H,3-14,17,19,21-22,25H2,1-2H3,(H2,35,39)(H,37,42)(H,40,41);1H/t27-,30-;/m0./s1. The summed E-state index contributed by atoms with van der Waals surface area (Å²) in [5.74, 6) is -2.29. The fourth-order valence-corrected chi connectivity index (χ4v) is 5.58. The highest BCUT2D eigenvalue weighted by molar-refractivity contribution is 5.98. The maximum atomic E-state index is 13.8. The van der Waals surface area contributed by atoms with Crippen molar-refractivity contribution in [3.63, 3.8) is 0 Å². The molecule has 0 saturated heterocycles. The molecule has 10 heteroatoms. The van der Waals surface area contributed by atoms with Crippen molar-refractivity contribution >= 4 is 47.0 Å². The molecule has 2 rings (SSSR count). The molecule has 0 unspecified atom stereocenters. The highest BCUT2D eigenvalue weighted by Gasteiger charge is 2.31. The number of carboxylic acids is 1. The Bertz CT molecular complexity index is 1160. The normalized spacial score (nSPS) is 12.2. The number of carboxylic acid groups (broad SMARTS) is 1. The number of benzene rings is 1. The molecule has 0 fully saturated rings. The number of pyridine rings is 1. The van der Waals surface area contributed by atoms with Gasteiger partial charge >= 0.3 is 5.97 Å². The van der Waals surface area contributed by atoms with Crippen molar-refractivity contribution in [2.45, 2.75) is 129 Å². The van der Waals surface area contributed by atoms with Crippen LogP contribution in [0.3, 0.4) is 0 Å². The molecule has 0 aliphatic heterocycles. The fraction of sp³-hybridized carbons (Fsp3) is 0.618. The number of aliphatic carboxylic acids is 1. The van der Waals surface area contributed by atoms with Crippen molar-refractivity contribution in [3.05, 3.63) is 42.1 Å². The van der Waals surface area contributed by atoms with Gasteiger partial charge in [-0.1, -0.05) is 102 Å². The first-order valence-electron chi connectivity index (χ1n) is 16.2. The smallest absolute Gasteiger partial charge is 0.303 e. The van der Waals surface area contributed by atoms with E-state index in [1.54, 1.807) is 17.0 Å². The monoisotopic (exact) mass is 632 g/mol. The van der Waals surface area contributed by atoms with Crippen molar-refractivity contribution in [3.8, 4) is 0 Å². The SMILES string of the molecule is CCCCCCCCCCCCC[C@@H](CC(N)=O)N(CC)C(=O)[C@H](CCCC(=O)O)NC(=O)c1ccc2ccccc2n1.Cl. The number of nitrogens with zero attached hydrogens (tertiary/aromatic N) is 2. The number of primary amides is 1. The van der Waals surface area contributed by atoms with Gasteiger partial charge in [0.25, 0.3) is 5.91 Å². The molecular weight excluding hydrogens is 580 g/mol. The molecule has 1 aromatic carbocycles. The number of para-hydroxylation sites is 1. The molecule has 0 radical (unpaired) electrons. The molecule has 246 valence electrons. The first-order valence-corrected chi connectivity index (χ1v) is 16.2. The molecule has 2 atom stereocenters. The Morgan fingerprint density at radius 1 is 0.841 bits per heavy atom. The number of hydrogen-bond acceptors (Lipinski definition) is 5. The van der Waals surface area contributed by atoms with Gasteiger partial charge < -0.3 is 21.1 Å². The summed E-state index contributed by atoms with van der Waals surface area (Å²) in [5.41, 5.74) is 6.42. The number of unbranched alkanes of at least 4 members (excludes halogenated alkanes) is 10. The molecule has 0 bridgehead atoms. The molecule has 0 spiro atoms. The fourth-order valence-electron chi connectivity index (χ4n) is 5.58. The van der Waals surface area contributed by atoms with Gasteiger partial charge in [-0.05, 0) is 38.3 Å². The van der Waals surface area contributed by atoms with Crippen LogP contribution in [0.2, 0.25) is 0 Å². The van der Waals surface area contributed by atoms with Crippen LogP contribution >= 0.6 is 12.4 Å². The van der Waals surface area contributed by atoms with Crippen LogP contribution < -0.4 is 11.1 Å². The Balaban J connectivity index is 0.00000968. The molecule has 9 nitrogen and oxygen atoms in total. The van der Waals surface area contributed by atoms with E-state index in [1.807, 2.05) is 31.2 Å².